The maximum Gasteiger partial charge on any atom is 0.229 e. The predicted molar refractivity (Wildman–Crippen MR) is 60.5 cm³/mol. The van der Waals surface area contributed by atoms with Gasteiger partial charge in [0.15, 0.2) is 0 Å². The quantitative estimate of drug-likeness (QED) is 0.450. The van der Waals surface area contributed by atoms with Gasteiger partial charge >= 0.3 is 0 Å². The van der Waals surface area contributed by atoms with Crippen molar-refractivity contribution in [2.45, 2.75) is 38.0 Å². The first-order valence-corrected chi connectivity index (χ1v) is 6.39. The summed E-state index contributed by atoms with van der Waals surface area (Å²) in [4.78, 5) is 18.3. The number of carbonyl (C=O) groups is 1. The molecule has 0 aromatic carbocycles. The molecule has 1 amide bonds. The molecule has 5 nitrogen and oxygen atoms in total. The molecule has 2 saturated heterocycles. The van der Waals surface area contributed by atoms with Gasteiger partial charge in [-0.25, -0.2) is 10.2 Å². The number of nitrogens with zero attached hydrogens (tertiary/aromatic N) is 2. The summed E-state index contributed by atoms with van der Waals surface area (Å²) < 4.78 is 2.12. The fourth-order valence-corrected chi connectivity index (χ4v) is 3.70. The summed E-state index contributed by atoms with van der Waals surface area (Å²) >= 11 is 1.61. The highest BCUT2D eigenvalue weighted by Crippen LogP contribution is 2.42. The first kappa shape index (κ1) is 10.6. The lowest BCUT2D eigenvalue weighted by atomic mass is 10.0. The summed E-state index contributed by atoms with van der Waals surface area (Å²) in [5.74, 6) is 5.49. The topological polar surface area (TPSA) is 58.8 Å². The van der Waals surface area contributed by atoms with Crippen molar-refractivity contribution in [1.82, 2.24) is 9.21 Å². The molecule has 6 heteroatoms. The number of carbonyl (C=O) groups excluding carboxylic acids is 1. The van der Waals surface area contributed by atoms with Crippen LogP contribution in [0.5, 0.6) is 0 Å². The summed E-state index contributed by atoms with van der Waals surface area (Å²) in [6.45, 7) is 0.969. The van der Waals surface area contributed by atoms with E-state index in [1.807, 2.05) is 4.90 Å². The number of β-lactam (4-membered cyclic amide) rings is 1. The Morgan fingerprint density at radius 2 is 2.44 bits per heavy atom. The average Bonchev–Trinajstić information content (AvgIpc) is 2.82. The van der Waals surface area contributed by atoms with Crippen LogP contribution in [0.3, 0.4) is 0 Å². The van der Waals surface area contributed by atoms with Crippen molar-refractivity contribution >= 4 is 17.9 Å². The first-order valence-electron chi connectivity index (χ1n) is 5.62. The van der Waals surface area contributed by atoms with Gasteiger partial charge in [-0.15, -0.1) is 0 Å². The van der Waals surface area contributed by atoms with Crippen LogP contribution < -0.4 is 5.90 Å². The van der Waals surface area contributed by atoms with E-state index < -0.39 is 0 Å². The third-order valence-corrected chi connectivity index (χ3v) is 4.57. The Hall–Kier alpha value is -0.560. The van der Waals surface area contributed by atoms with E-state index in [2.05, 4.69) is 10.4 Å². The monoisotopic (exact) mass is 241 g/mol. The van der Waals surface area contributed by atoms with Crippen molar-refractivity contribution in [3.63, 3.8) is 0 Å². The fourth-order valence-electron chi connectivity index (χ4n) is 2.46. The van der Waals surface area contributed by atoms with E-state index in [0.717, 1.165) is 30.8 Å². The van der Waals surface area contributed by atoms with E-state index in [1.165, 1.54) is 0 Å². The van der Waals surface area contributed by atoms with Crippen molar-refractivity contribution in [3.8, 4) is 0 Å². The molecule has 0 bridgehead atoms. The van der Waals surface area contributed by atoms with Crippen LogP contribution in [0, 0.1) is 0 Å². The molecule has 3 aliphatic rings. The second-order valence-corrected chi connectivity index (χ2v) is 5.43. The van der Waals surface area contributed by atoms with Gasteiger partial charge in [0.25, 0.3) is 0 Å². The van der Waals surface area contributed by atoms with E-state index in [1.54, 1.807) is 11.9 Å². The van der Waals surface area contributed by atoms with Crippen molar-refractivity contribution < 1.29 is 9.63 Å². The summed E-state index contributed by atoms with van der Waals surface area (Å²) in [6, 6.07) is 0.426. The van der Waals surface area contributed by atoms with Gasteiger partial charge in [-0.1, -0.05) is 6.08 Å². The van der Waals surface area contributed by atoms with Crippen molar-refractivity contribution in [1.29, 1.82) is 0 Å². The van der Waals surface area contributed by atoms with Crippen LogP contribution in [0.15, 0.2) is 11.1 Å². The number of fused-ring (bicyclic) bond motifs is 1. The molecule has 0 aromatic rings. The largest absolute Gasteiger partial charge is 0.302 e. The Morgan fingerprint density at radius 3 is 3.19 bits per heavy atom. The second kappa shape index (κ2) is 4.03. The van der Waals surface area contributed by atoms with Crippen molar-refractivity contribution in [2.24, 2.45) is 5.90 Å². The van der Waals surface area contributed by atoms with Gasteiger partial charge in [0.05, 0.1) is 5.03 Å². The molecule has 0 aromatic heterocycles. The Labute approximate surface area is 98.7 Å². The molecule has 0 saturated carbocycles. The smallest absolute Gasteiger partial charge is 0.229 e. The molecule has 3 aliphatic heterocycles. The van der Waals surface area contributed by atoms with Crippen molar-refractivity contribution in [2.75, 3.05) is 6.54 Å². The Bertz CT molecular complexity index is 347. The molecule has 3 rings (SSSR count). The van der Waals surface area contributed by atoms with Gasteiger partial charge < -0.3 is 4.90 Å². The van der Waals surface area contributed by atoms with Gasteiger partial charge in [-0.2, -0.15) is 0 Å². The third kappa shape index (κ3) is 1.57. The van der Waals surface area contributed by atoms with Gasteiger partial charge in [0.2, 0.25) is 5.91 Å². The van der Waals surface area contributed by atoms with E-state index >= 15 is 0 Å². The highest BCUT2D eigenvalue weighted by atomic mass is 32.2. The highest BCUT2D eigenvalue weighted by molar-refractivity contribution is 8.00. The zero-order valence-electron chi connectivity index (χ0n) is 8.96. The number of nitrogens with two attached hydrogens (primary N) is 1. The predicted octanol–water partition coefficient (Wildman–Crippen LogP) is 0.793. The zero-order valence-corrected chi connectivity index (χ0v) is 9.78. The summed E-state index contributed by atoms with van der Waals surface area (Å²) in [5, 5.41) is 1.06. The molecule has 2 N–H and O–H groups in total. The van der Waals surface area contributed by atoms with Crippen LogP contribution in [-0.2, 0) is 9.63 Å². The minimum absolute atomic E-state index is 0.0127. The molecule has 16 heavy (non-hydrogen) atoms. The van der Waals surface area contributed by atoms with Gasteiger partial charge in [-0.05, 0) is 31.2 Å². The summed E-state index contributed by atoms with van der Waals surface area (Å²) in [5.41, 5.74) is 0. The minimum atomic E-state index is -0.0127. The molecule has 0 radical (unpaired) electrons. The molecular weight excluding hydrogens is 226 g/mol. The Morgan fingerprint density at radius 1 is 1.56 bits per heavy atom. The highest BCUT2D eigenvalue weighted by Gasteiger charge is 2.43. The Balaban J connectivity index is 1.64. The third-order valence-electron chi connectivity index (χ3n) is 3.36. The number of hydrogen-bond acceptors (Lipinski definition) is 5. The SMILES string of the molecule is NOC1CCCN1SC1=CC[C@@H]2CC(=O)N12. The molecule has 2 fully saturated rings. The summed E-state index contributed by atoms with van der Waals surface area (Å²) in [6.07, 6.45) is 5.90. The Kier molecular flexibility index (Phi) is 2.67. The van der Waals surface area contributed by atoms with Crippen molar-refractivity contribution in [3.05, 3.63) is 11.1 Å². The first-order chi connectivity index (χ1) is 7.79. The number of amides is 1. The van der Waals surface area contributed by atoms with Crippen LogP contribution in [0.25, 0.3) is 0 Å². The lowest BCUT2D eigenvalue weighted by Gasteiger charge is -2.37. The van der Waals surface area contributed by atoms with Crippen LogP contribution >= 0.6 is 11.9 Å². The molecular formula is C10H15N3O2S. The van der Waals surface area contributed by atoms with E-state index in [-0.39, 0.29) is 12.1 Å². The maximum atomic E-state index is 11.4. The standard InChI is InChI=1S/C10H15N3O2S/c11-15-9-2-1-5-12(9)16-10-4-3-7-6-8(14)13(7)10/h4,7,9H,1-3,5-6,11H2/t7-,9?/m1/s1. The lowest BCUT2D eigenvalue weighted by Crippen LogP contribution is -2.48. The van der Waals surface area contributed by atoms with Crippen LogP contribution in [0.1, 0.15) is 25.7 Å². The minimum Gasteiger partial charge on any atom is -0.302 e. The van der Waals surface area contributed by atoms with Gasteiger partial charge in [0, 0.05) is 19.0 Å². The van der Waals surface area contributed by atoms with E-state index in [4.69, 9.17) is 10.7 Å². The van der Waals surface area contributed by atoms with Crippen LogP contribution in [0.4, 0.5) is 0 Å². The lowest BCUT2D eigenvalue weighted by molar-refractivity contribution is -0.140. The fraction of sp³-hybridized carbons (Fsp3) is 0.700. The van der Waals surface area contributed by atoms with Crippen LogP contribution in [0.2, 0.25) is 0 Å². The average molecular weight is 241 g/mol. The van der Waals surface area contributed by atoms with E-state index in [0.29, 0.717) is 12.5 Å². The summed E-state index contributed by atoms with van der Waals surface area (Å²) in [7, 11) is 0. The molecule has 0 aliphatic carbocycles. The molecule has 1 unspecified atom stereocenters. The van der Waals surface area contributed by atoms with E-state index in [9.17, 15) is 4.79 Å². The molecule has 0 spiro atoms. The second-order valence-electron chi connectivity index (χ2n) is 4.36. The van der Waals surface area contributed by atoms with Crippen LogP contribution in [-0.4, -0.2) is 33.9 Å². The van der Waals surface area contributed by atoms with Gasteiger partial charge in [0.1, 0.15) is 6.23 Å². The molecule has 2 atom stereocenters. The number of hydrogen-bond donors (Lipinski definition) is 1. The molecule has 3 heterocycles. The van der Waals surface area contributed by atoms with Gasteiger partial charge in [-0.3, -0.25) is 9.63 Å². The normalized spacial score (nSPS) is 33.9. The number of rotatable bonds is 3. The molecule has 88 valence electrons. The maximum absolute atomic E-state index is 11.4. The zero-order chi connectivity index (χ0) is 11.1.